The molecular weight excluding hydrogens is 414 g/mol. The molecule has 0 saturated carbocycles. The summed E-state index contributed by atoms with van der Waals surface area (Å²) in [4.78, 5) is 38.0. The van der Waals surface area contributed by atoms with E-state index in [1.165, 1.54) is 18.3 Å². The van der Waals surface area contributed by atoms with Crippen molar-refractivity contribution in [1.29, 1.82) is 0 Å². The number of fused-ring (bicyclic) bond motifs is 1. The van der Waals surface area contributed by atoms with Crippen LogP contribution in [0.25, 0.3) is 5.69 Å². The van der Waals surface area contributed by atoms with E-state index in [1.807, 2.05) is 30.3 Å². The summed E-state index contributed by atoms with van der Waals surface area (Å²) in [6, 6.07) is 13.2. The van der Waals surface area contributed by atoms with Crippen molar-refractivity contribution in [1.82, 2.24) is 15.1 Å². The number of Topliss-reactive ketones (excluding diaryl/α,β-unsaturated/α-hetero) is 1. The molecule has 2 heterocycles. The van der Waals surface area contributed by atoms with E-state index in [0.717, 1.165) is 41.1 Å². The second-order valence-electron chi connectivity index (χ2n) is 7.46. The van der Waals surface area contributed by atoms with Crippen LogP contribution in [-0.4, -0.2) is 33.5 Å². The van der Waals surface area contributed by atoms with Crippen LogP contribution in [0.4, 0.5) is 0 Å². The number of ketones is 1. The highest BCUT2D eigenvalue weighted by Crippen LogP contribution is 2.28. The first kappa shape index (κ1) is 21.0. The lowest BCUT2D eigenvalue weighted by Gasteiger charge is -2.11. The fraction of sp³-hybridized carbons (Fsp3) is 0.304. The maximum absolute atomic E-state index is 12.9. The minimum Gasteiger partial charge on any atom is -0.449 e. The molecule has 1 aliphatic rings. The number of nitrogens with one attached hydrogen (secondary N) is 1. The van der Waals surface area contributed by atoms with Crippen molar-refractivity contribution in [3.63, 3.8) is 0 Å². The molecule has 7 nitrogen and oxygen atoms in total. The number of nitrogens with zero attached hydrogens (tertiary/aromatic N) is 2. The summed E-state index contributed by atoms with van der Waals surface area (Å²) in [5.74, 6) is -0.985. The van der Waals surface area contributed by atoms with E-state index >= 15 is 0 Å². The second-order valence-corrected chi connectivity index (χ2v) is 8.63. The van der Waals surface area contributed by atoms with Crippen LogP contribution in [-0.2, 0) is 28.9 Å². The molecule has 0 aliphatic heterocycles. The number of esters is 1. The predicted molar refractivity (Wildman–Crippen MR) is 117 cm³/mol. The van der Waals surface area contributed by atoms with Crippen molar-refractivity contribution in [3.8, 4) is 5.69 Å². The molecule has 0 bridgehead atoms. The van der Waals surface area contributed by atoms with Gasteiger partial charge in [0.15, 0.2) is 11.8 Å². The lowest BCUT2D eigenvalue weighted by atomic mass is 10.2. The van der Waals surface area contributed by atoms with Gasteiger partial charge in [0.2, 0.25) is 11.7 Å². The Hall–Kier alpha value is -3.26. The number of aromatic nitrogens is 2. The molecule has 31 heavy (non-hydrogen) atoms. The van der Waals surface area contributed by atoms with Crippen LogP contribution >= 0.6 is 11.3 Å². The maximum atomic E-state index is 12.9. The molecule has 1 amide bonds. The van der Waals surface area contributed by atoms with E-state index in [1.54, 1.807) is 23.7 Å². The molecular formula is C23H23N3O4S. The van der Waals surface area contributed by atoms with E-state index in [9.17, 15) is 14.4 Å². The van der Waals surface area contributed by atoms with Gasteiger partial charge in [-0.1, -0.05) is 18.2 Å². The van der Waals surface area contributed by atoms with Gasteiger partial charge in [-0.25, -0.2) is 9.48 Å². The first-order chi connectivity index (χ1) is 14.9. The zero-order chi connectivity index (χ0) is 22.0. The first-order valence-electron chi connectivity index (χ1n) is 10.2. The molecule has 160 valence electrons. The van der Waals surface area contributed by atoms with Crippen LogP contribution < -0.4 is 5.32 Å². The summed E-state index contributed by atoms with van der Waals surface area (Å²) in [6.07, 6.45) is 1.65. The molecule has 1 aromatic carbocycles. The molecule has 0 radical (unpaired) electrons. The summed E-state index contributed by atoms with van der Waals surface area (Å²) >= 11 is 1.28. The average Bonchev–Trinajstić information content (AvgIpc) is 3.48. The van der Waals surface area contributed by atoms with Gasteiger partial charge in [-0.2, -0.15) is 5.10 Å². The third-order valence-corrected chi connectivity index (χ3v) is 6.29. The fourth-order valence-electron chi connectivity index (χ4n) is 3.67. The Labute approximate surface area is 184 Å². The minimum absolute atomic E-state index is 0.133. The molecule has 1 N–H and O–H groups in total. The van der Waals surface area contributed by atoms with Crippen molar-refractivity contribution in [2.24, 2.45) is 0 Å². The second kappa shape index (κ2) is 8.85. The monoisotopic (exact) mass is 437 g/mol. The minimum atomic E-state index is -0.932. The molecule has 0 fully saturated rings. The topological polar surface area (TPSA) is 90.3 Å². The average molecular weight is 438 g/mol. The number of carbonyl (C=O) groups excluding carboxylic acids is 3. The van der Waals surface area contributed by atoms with Gasteiger partial charge in [0.1, 0.15) is 0 Å². The summed E-state index contributed by atoms with van der Waals surface area (Å²) in [5.41, 5.74) is 3.11. The zero-order valence-electron chi connectivity index (χ0n) is 17.4. The van der Waals surface area contributed by atoms with Crippen LogP contribution in [0.1, 0.15) is 56.6 Å². The standard InChI is InChI=1S/C23H23N3O4S/c1-14(22(28)20-12-11-17(31-20)13-24-15(2)27)30-23(29)21-18-9-6-10-19(18)26(25-21)16-7-4-3-5-8-16/h3-5,7-8,11-12,14H,6,9-10,13H2,1-2H3,(H,24,27). The van der Waals surface area contributed by atoms with E-state index < -0.39 is 12.1 Å². The molecule has 8 heteroatoms. The van der Waals surface area contributed by atoms with Crippen LogP contribution in [0.5, 0.6) is 0 Å². The third kappa shape index (κ3) is 4.44. The Morgan fingerprint density at radius 3 is 2.68 bits per heavy atom. The van der Waals surface area contributed by atoms with Gasteiger partial charge in [-0.15, -0.1) is 11.3 Å². The van der Waals surface area contributed by atoms with Gasteiger partial charge in [0, 0.05) is 23.1 Å². The van der Waals surface area contributed by atoms with Crippen molar-refractivity contribution >= 4 is 29.0 Å². The number of benzene rings is 1. The Kier molecular flexibility index (Phi) is 5.99. The SMILES string of the molecule is CC(=O)NCc1ccc(C(=O)C(C)OC(=O)c2nn(-c3ccccc3)c3c2CCC3)s1. The number of carbonyl (C=O) groups is 3. The summed E-state index contributed by atoms with van der Waals surface area (Å²) in [5, 5.41) is 7.23. The molecule has 2 aromatic heterocycles. The third-order valence-electron chi connectivity index (χ3n) is 5.19. The van der Waals surface area contributed by atoms with Crippen LogP contribution in [0.2, 0.25) is 0 Å². The highest BCUT2D eigenvalue weighted by atomic mass is 32.1. The smallest absolute Gasteiger partial charge is 0.359 e. The Balaban J connectivity index is 1.48. The Bertz CT molecular complexity index is 1130. The van der Waals surface area contributed by atoms with Gasteiger partial charge in [0.25, 0.3) is 0 Å². The van der Waals surface area contributed by atoms with E-state index in [4.69, 9.17) is 4.74 Å². The number of para-hydroxylation sites is 1. The molecule has 3 aromatic rings. The lowest BCUT2D eigenvalue weighted by molar-refractivity contribution is -0.119. The van der Waals surface area contributed by atoms with Gasteiger partial charge < -0.3 is 10.1 Å². The predicted octanol–water partition coefficient (Wildman–Crippen LogP) is 3.49. The molecule has 1 aliphatic carbocycles. The van der Waals surface area contributed by atoms with Crippen molar-refractivity contribution in [2.45, 2.75) is 45.8 Å². The molecule has 1 unspecified atom stereocenters. The van der Waals surface area contributed by atoms with Crippen molar-refractivity contribution < 1.29 is 19.1 Å². The highest BCUT2D eigenvalue weighted by Gasteiger charge is 2.30. The number of rotatable bonds is 7. The number of thiophene rings is 1. The van der Waals surface area contributed by atoms with E-state index in [-0.39, 0.29) is 17.4 Å². The lowest BCUT2D eigenvalue weighted by Crippen LogP contribution is -2.24. The summed E-state index contributed by atoms with van der Waals surface area (Å²) in [7, 11) is 0. The summed E-state index contributed by atoms with van der Waals surface area (Å²) < 4.78 is 7.31. The number of amides is 1. The van der Waals surface area contributed by atoms with Crippen LogP contribution in [0.3, 0.4) is 0 Å². The van der Waals surface area contributed by atoms with Crippen molar-refractivity contribution in [2.75, 3.05) is 0 Å². The molecule has 4 rings (SSSR count). The quantitative estimate of drug-likeness (QED) is 0.451. The zero-order valence-corrected chi connectivity index (χ0v) is 18.2. The summed E-state index contributed by atoms with van der Waals surface area (Å²) in [6.45, 7) is 3.38. The van der Waals surface area contributed by atoms with Gasteiger partial charge in [-0.3, -0.25) is 9.59 Å². The van der Waals surface area contributed by atoms with Crippen LogP contribution in [0.15, 0.2) is 42.5 Å². The normalized spacial score (nSPS) is 13.5. The van der Waals surface area contributed by atoms with Crippen molar-refractivity contribution in [3.05, 3.63) is 69.2 Å². The van der Waals surface area contributed by atoms with Gasteiger partial charge in [0.05, 0.1) is 17.1 Å². The number of ether oxygens (including phenoxy) is 1. The molecule has 0 spiro atoms. The highest BCUT2D eigenvalue weighted by molar-refractivity contribution is 7.14. The van der Waals surface area contributed by atoms with Crippen LogP contribution in [0, 0.1) is 0 Å². The fourth-order valence-corrected chi connectivity index (χ4v) is 4.64. The first-order valence-corrected chi connectivity index (χ1v) is 11.0. The maximum Gasteiger partial charge on any atom is 0.359 e. The van der Waals surface area contributed by atoms with Gasteiger partial charge in [-0.05, 0) is 50.5 Å². The van der Waals surface area contributed by atoms with E-state index in [0.29, 0.717) is 11.4 Å². The Morgan fingerprint density at radius 1 is 1.16 bits per heavy atom. The number of hydrogen-bond acceptors (Lipinski definition) is 6. The molecule has 0 saturated heterocycles. The van der Waals surface area contributed by atoms with E-state index in [2.05, 4.69) is 10.4 Å². The number of hydrogen-bond donors (Lipinski definition) is 1. The Morgan fingerprint density at radius 2 is 1.94 bits per heavy atom. The molecule has 1 atom stereocenters. The largest absolute Gasteiger partial charge is 0.449 e. The van der Waals surface area contributed by atoms with Gasteiger partial charge >= 0.3 is 5.97 Å².